The minimum atomic E-state index is -0.636. The number of para-hydroxylation sites is 1. The predicted molar refractivity (Wildman–Crippen MR) is 68.6 cm³/mol. The van der Waals surface area contributed by atoms with Crippen LogP contribution in [0.4, 0.5) is 0 Å². The lowest BCUT2D eigenvalue weighted by Gasteiger charge is -2.07. The summed E-state index contributed by atoms with van der Waals surface area (Å²) in [5, 5.41) is 0. The summed E-state index contributed by atoms with van der Waals surface area (Å²) in [6, 6.07) is 8.65. The van der Waals surface area contributed by atoms with Gasteiger partial charge in [0.2, 0.25) is 0 Å². The Hall–Kier alpha value is -2.96. The third-order valence-corrected chi connectivity index (χ3v) is 2.65. The quantitative estimate of drug-likeness (QED) is 0.627. The van der Waals surface area contributed by atoms with Gasteiger partial charge in [-0.2, -0.15) is 0 Å². The van der Waals surface area contributed by atoms with Crippen molar-refractivity contribution in [2.75, 3.05) is 0 Å². The summed E-state index contributed by atoms with van der Waals surface area (Å²) in [4.78, 5) is 43.3. The van der Waals surface area contributed by atoms with Crippen LogP contribution in [-0.4, -0.2) is 19.5 Å². The molecule has 0 unspecified atom stereocenters. The second-order valence-corrected chi connectivity index (χ2v) is 3.87. The molecule has 0 atom stereocenters. The van der Waals surface area contributed by atoms with E-state index in [1.165, 1.54) is 4.57 Å². The van der Waals surface area contributed by atoms with Gasteiger partial charge in [0, 0.05) is 0 Å². The maximum Gasteiger partial charge on any atom is 0.334 e. The fourth-order valence-corrected chi connectivity index (χ4v) is 1.86. The molecule has 0 amide bonds. The number of aromatic nitrogens is 4. The Bertz CT molecular complexity index is 921. The van der Waals surface area contributed by atoms with Crippen molar-refractivity contribution < 1.29 is 0 Å². The molecule has 0 saturated carbocycles. The monoisotopic (exact) mass is 256 g/mol. The molecule has 2 N–H and O–H groups in total. The second-order valence-electron chi connectivity index (χ2n) is 3.87. The van der Waals surface area contributed by atoms with Crippen molar-refractivity contribution in [1.82, 2.24) is 19.5 Å². The summed E-state index contributed by atoms with van der Waals surface area (Å²) in [6.45, 7) is 0. The fourth-order valence-electron chi connectivity index (χ4n) is 1.86. The normalized spacial score (nSPS) is 10.7. The molecule has 2 aromatic heterocycles. The zero-order valence-corrected chi connectivity index (χ0v) is 9.58. The molecule has 1 aromatic carbocycles. The molecule has 7 heteroatoms. The van der Waals surface area contributed by atoms with Crippen molar-refractivity contribution in [2.24, 2.45) is 0 Å². The van der Waals surface area contributed by atoms with E-state index in [2.05, 4.69) is 15.0 Å². The maximum absolute atomic E-state index is 11.9. The Morgan fingerprint density at radius 1 is 1.00 bits per heavy atom. The first-order chi connectivity index (χ1) is 9.16. The van der Waals surface area contributed by atoms with Gasteiger partial charge in [0.15, 0.2) is 11.2 Å². The number of hydrogen-bond donors (Lipinski definition) is 2. The summed E-state index contributed by atoms with van der Waals surface area (Å²) < 4.78 is 1.20. The average Bonchev–Trinajstić information content (AvgIpc) is 2.39. The Morgan fingerprint density at radius 3 is 2.47 bits per heavy atom. The van der Waals surface area contributed by atoms with E-state index in [1.807, 2.05) is 0 Å². The third kappa shape index (κ3) is 1.77. The summed E-state index contributed by atoms with van der Waals surface area (Å²) in [7, 11) is 0. The molecule has 0 fully saturated rings. The zero-order valence-electron chi connectivity index (χ0n) is 9.58. The van der Waals surface area contributed by atoms with Gasteiger partial charge in [0.05, 0.1) is 11.9 Å². The van der Waals surface area contributed by atoms with Gasteiger partial charge in [-0.15, -0.1) is 0 Å². The minimum Gasteiger partial charge on any atom is -0.305 e. The predicted octanol–water partition coefficient (Wildman–Crippen LogP) is -0.238. The number of nitrogens with one attached hydrogen (secondary N) is 2. The molecular formula is C12H8N4O3. The van der Waals surface area contributed by atoms with Crippen molar-refractivity contribution in [3.63, 3.8) is 0 Å². The molecule has 94 valence electrons. The maximum atomic E-state index is 11.9. The molecule has 0 aliphatic heterocycles. The van der Waals surface area contributed by atoms with E-state index < -0.39 is 16.8 Å². The van der Waals surface area contributed by atoms with Crippen molar-refractivity contribution in [3.8, 4) is 5.69 Å². The molecule has 19 heavy (non-hydrogen) atoms. The Labute approximate surface area is 105 Å². The molecule has 0 saturated heterocycles. The number of hydrogen-bond acceptors (Lipinski definition) is 4. The van der Waals surface area contributed by atoms with E-state index >= 15 is 0 Å². The summed E-state index contributed by atoms with van der Waals surface area (Å²) in [6.07, 6.45) is 0.997. The number of rotatable bonds is 1. The van der Waals surface area contributed by atoms with Crippen molar-refractivity contribution in [2.45, 2.75) is 0 Å². The molecule has 3 rings (SSSR count). The van der Waals surface area contributed by atoms with Gasteiger partial charge in [-0.3, -0.25) is 14.6 Å². The van der Waals surface area contributed by atoms with E-state index in [4.69, 9.17) is 0 Å². The largest absolute Gasteiger partial charge is 0.334 e. The number of H-pyrrole nitrogens is 2. The summed E-state index contributed by atoms with van der Waals surface area (Å²) in [5.41, 5.74) is -1.15. The van der Waals surface area contributed by atoms with Crippen molar-refractivity contribution in [3.05, 3.63) is 67.7 Å². The van der Waals surface area contributed by atoms with Crippen LogP contribution in [0.1, 0.15) is 0 Å². The lowest BCUT2D eigenvalue weighted by Crippen LogP contribution is -2.31. The third-order valence-electron chi connectivity index (χ3n) is 2.65. The van der Waals surface area contributed by atoms with Gasteiger partial charge in [-0.1, -0.05) is 18.2 Å². The van der Waals surface area contributed by atoms with Crippen molar-refractivity contribution >= 4 is 11.2 Å². The number of aromatic amines is 2. The number of nitrogens with zero attached hydrogens (tertiary/aromatic N) is 2. The molecule has 0 radical (unpaired) electrons. The van der Waals surface area contributed by atoms with Gasteiger partial charge < -0.3 is 4.98 Å². The topological polar surface area (TPSA) is 101 Å². The van der Waals surface area contributed by atoms with Gasteiger partial charge in [-0.05, 0) is 12.1 Å². The standard InChI is InChI=1S/C12H8N4O3/c17-8-6-13-9-10(14-8)16(12(19)15-11(9)18)7-4-2-1-3-5-7/h1-6H,(H,14,17)(H,15,18,19). The molecule has 7 nitrogen and oxygen atoms in total. The van der Waals surface area contributed by atoms with E-state index in [1.54, 1.807) is 30.3 Å². The van der Waals surface area contributed by atoms with Crippen LogP contribution < -0.4 is 16.8 Å². The summed E-state index contributed by atoms with van der Waals surface area (Å²) in [5.74, 6) is 0. The van der Waals surface area contributed by atoms with Crippen LogP contribution in [0.3, 0.4) is 0 Å². The molecule has 0 bridgehead atoms. The number of benzene rings is 1. The zero-order chi connectivity index (χ0) is 13.4. The highest BCUT2D eigenvalue weighted by atomic mass is 16.2. The smallest absolute Gasteiger partial charge is 0.305 e. The molecule has 3 aromatic rings. The summed E-state index contributed by atoms with van der Waals surface area (Å²) >= 11 is 0. The number of fused-ring (bicyclic) bond motifs is 1. The first kappa shape index (κ1) is 11.1. The van der Waals surface area contributed by atoms with Crippen LogP contribution in [0.15, 0.2) is 50.9 Å². The first-order valence-corrected chi connectivity index (χ1v) is 5.46. The van der Waals surface area contributed by atoms with Crippen LogP contribution in [0, 0.1) is 0 Å². The van der Waals surface area contributed by atoms with Crippen LogP contribution >= 0.6 is 0 Å². The minimum absolute atomic E-state index is 0.00283. The fraction of sp³-hybridized carbons (Fsp3) is 0. The Morgan fingerprint density at radius 2 is 1.74 bits per heavy atom. The average molecular weight is 256 g/mol. The second kappa shape index (κ2) is 4.05. The molecule has 2 heterocycles. The lowest BCUT2D eigenvalue weighted by molar-refractivity contribution is 0.911. The van der Waals surface area contributed by atoms with Crippen LogP contribution in [-0.2, 0) is 0 Å². The van der Waals surface area contributed by atoms with Crippen LogP contribution in [0.5, 0.6) is 0 Å². The van der Waals surface area contributed by atoms with Crippen molar-refractivity contribution in [1.29, 1.82) is 0 Å². The van der Waals surface area contributed by atoms with Crippen LogP contribution in [0.25, 0.3) is 16.9 Å². The highest BCUT2D eigenvalue weighted by Gasteiger charge is 2.10. The van der Waals surface area contributed by atoms with E-state index in [0.717, 1.165) is 6.20 Å². The highest BCUT2D eigenvalue weighted by Crippen LogP contribution is 2.07. The molecule has 0 spiro atoms. The van der Waals surface area contributed by atoms with Gasteiger partial charge in [-0.25, -0.2) is 14.3 Å². The first-order valence-electron chi connectivity index (χ1n) is 5.46. The van der Waals surface area contributed by atoms with Gasteiger partial charge >= 0.3 is 5.69 Å². The van der Waals surface area contributed by atoms with Gasteiger partial charge in [0.1, 0.15) is 0 Å². The van der Waals surface area contributed by atoms with E-state index in [-0.39, 0.29) is 11.2 Å². The Balaban J connectivity index is 2.55. The van der Waals surface area contributed by atoms with E-state index in [9.17, 15) is 14.4 Å². The van der Waals surface area contributed by atoms with Crippen LogP contribution in [0.2, 0.25) is 0 Å². The van der Waals surface area contributed by atoms with Gasteiger partial charge in [0.25, 0.3) is 11.1 Å². The molecular weight excluding hydrogens is 248 g/mol. The highest BCUT2D eigenvalue weighted by molar-refractivity contribution is 5.70. The lowest BCUT2D eigenvalue weighted by atomic mass is 10.3. The molecule has 0 aliphatic rings. The molecule has 0 aliphatic carbocycles. The SMILES string of the molecule is O=c1cnc2c(=O)[nH]c(=O)n(-c3ccccc3)c2[nH]1. The van der Waals surface area contributed by atoms with E-state index in [0.29, 0.717) is 5.69 Å². The Kier molecular flexibility index (Phi) is 2.38.